The number of aryl methyl sites for hydroxylation is 1. The number of ether oxygens (including phenoxy) is 1. The third kappa shape index (κ3) is 4.64. The molecule has 2 heterocycles. The summed E-state index contributed by atoms with van der Waals surface area (Å²) in [6, 6.07) is 9.77. The summed E-state index contributed by atoms with van der Waals surface area (Å²) in [4.78, 5) is 14.8. The first-order valence-electron chi connectivity index (χ1n) is 9.36. The molecule has 3 rings (SSSR count). The number of nitrogens with zero attached hydrogens (tertiary/aromatic N) is 2. The van der Waals surface area contributed by atoms with E-state index in [1.165, 1.54) is 6.42 Å². The van der Waals surface area contributed by atoms with Gasteiger partial charge in [-0.2, -0.15) is 0 Å². The van der Waals surface area contributed by atoms with E-state index in [9.17, 15) is 4.79 Å². The van der Waals surface area contributed by atoms with Crippen molar-refractivity contribution in [3.63, 3.8) is 0 Å². The van der Waals surface area contributed by atoms with Gasteiger partial charge >= 0.3 is 0 Å². The van der Waals surface area contributed by atoms with E-state index in [2.05, 4.69) is 15.4 Å². The largest absolute Gasteiger partial charge is 0.492 e. The number of hydrogen-bond acceptors (Lipinski definition) is 5. The molecule has 1 amide bonds. The summed E-state index contributed by atoms with van der Waals surface area (Å²) in [5, 5.41) is 7.15. The lowest BCUT2D eigenvalue weighted by Gasteiger charge is -2.34. The maximum absolute atomic E-state index is 12.4. The molecule has 1 aliphatic heterocycles. The number of carbonyl (C=O) groups is 1. The second-order valence-electron chi connectivity index (χ2n) is 6.64. The van der Waals surface area contributed by atoms with Crippen LogP contribution in [0.1, 0.15) is 50.1 Å². The van der Waals surface area contributed by atoms with Gasteiger partial charge in [0.05, 0.1) is 18.3 Å². The van der Waals surface area contributed by atoms with Crippen molar-refractivity contribution in [3.05, 3.63) is 41.8 Å². The quantitative estimate of drug-likeness (QED) is 0.813. The third-order valence-corrected chi connectivity index (χ3v) is 4.69. The Morgan fingerprint density at radius 3 is 3.00 bits per heavy atom. The zero-order valence-electron chi connectivity index (χ0n) is 15.5. The number of nitrogens with one attached hydrogen (secondary N) is 1. The van der Waals surface area contributed by atoms with Gasteiger partial charge in [-0.15, -0.1) is 0 Å². The molecule has 1 aliphatic rings. The van der Waals surface area contributed by atoms with Crippen molar-refractivity contribution < 1.29 is 14.1 Å². The van der Waals surface area contributed by atoms with Crippen LogP contribution in [-0.2, 0) is 4.79 Å². The van der Waals surface area contributed by atoms with E-state index in [-0.39, 0.29) is 11.9 Å². The maximum atomic E-state index is 12.4. The van der Waals surface area contributed by atoms with Gasteiger partial charge in [0.15, 0.2) is 0 Å². The van der Waals surface area contributed by atoms with Crippen LogP contribution in [0.4, 0.5) is 5.69 Å². The molecule has 1 fully saturated rings. The second-order valence-corrected chi connectivity index (χ2v) is 6.64. The van der Waals surface area contributed by atoms with Crippen molar-refractivity contribution in [2.45, 2.75) is 45.6 Å². The van der Waals surface area contributed by atoms with Crippen LogP contribution in [0, 0.1) is 6.92 Å². The van der Waals surface area contributed by atoms with Crippen LogP contribution in [0.25, 0.3) is 0 Å². The molecule has 26 heavy (non-hydrogen) atoms. The number of piperidine rings is 1. The highest BCUT2D eigenvalue weighted by atomic mass is 16.5. The predicted octanol–water partition coefficient (Wildman–Crippen LogP) is 3.94. The molecule has 1 atom stereocenters. The SMILES string of the molecule is CCOc1ccccc1NC(=O)CCN1CCCCC1c1cc(C)on1. The molecule has 1 saturated heterocycles. The minimum atomic E-state index is -0.00203. The van der Waals surface area contributed by atoms with Crippen LogP contribution in [-0.4, -0.2) is 35.7 Å². The van der Waals surface area contributed by atoms with Gasteiger partial charge in [-0.1, -0.05) is 23.7 Å². The van der Waals surface area contributed by atoms with Crippen LogP contribution in [0.2, 0.25) is 0 Å². The van der Waals surface area contributed by atoms with Gasteiger partial charge in [-0.05, 0) is 45.4 Å². The highest BCUT2D eigenvalue weighted by Crippen LogP contribution is 2.30. The lowest BCUT2D eigenvalue weighted by Crippen LogP contribution is -2.35. The van der Waals surface area contributed by atoms with Crippen molar-refractivity contribution in [3.8, 4) is 5.75 Å². The summed E-state index contributed by atoms with van der Waals surface area (Å²) in [7, 11) is 0. The standard InChI is InChI=1S/C20H27N3O3/c1-3-25-19-10-5-4-8-16(19)21-20(24)11-13-23-12-7-6-9-18(23)17-14-15(2)26-22-17/h4-5,8,10,14,18H,3,6-7,9,11-13H2,1-2H3,(H,21,24). The summed E-state index contributed by atoms with van der Waals surface area (Å²) in [6.07, 6.45) is 3.83. The molecule has 0 radical (unpaired) electrons. The average molecular weight is 357 g/mol. The first-order chi connectivity index (χ1) is 12.7. The monoisotopic (exact) mass is 357 g/mol. The molecule has 1 N–H and O–H groups in total. The Bertz CT molecular complexity index is 729. The number of hydrogen-bond donors (Lipinski definition) is 1. The summed E-state index contributed by atoms with van der Waals surface area (Å²) >= 11 is 0. The number of para-hydroxylation sites is 2. The molecule has 140 valence electrons. The zero-order valence-corrected chi connectivity index (χ0v) is 15.5. The smallest absolute Gasteiger partial charge is 0.225 e. The lowest BCUT2D eigenvalue weighted by molar-refractivity contribution is -0.116. The molecule has 2 aromatic rings. The van der Waals surface area contributed by atoms with Crippen LogP contribution >= 0.6 is 0 Å². The van der Waals surface area contributed by atoms with Gasteiger partial charge in [-0.25, -0.2) is 0 Å². The molecule has 0 bridgehead atoms. The molecule has 0 aliphatic carbocycles. The minimum absolute atomic E-state index is 0.00203. The fourth-order valence-corrected chi connectivity index (χ4v) is 3.45. The van der Waals surface area contributed by atoms with Crippen molar-refractivity contribution in [1.82, 2.24) is 10.1 Å². The number of carbonyl (C=O) groups excluding carboxylic acids is 1. The van der Waals surface area contributed by atoms with E-state index < -0.39 is 0 Å². The summed E-state index contributed by atoms with van der Waals surface area (Å²) in [6.45, 7) is 6.10. The number of likely N-dealkylation sites (tertiary alicyclic amines) is 1. The van der Waals surface area contributed by atoms with Gasteiger partial charge < -0.3 is 14.6 Å². The predicted molar refractivity (Wildman–Crippen MR) is 100 cm³/mol. The molecular formula is C20H27N3O3. The van der Waals surface area contributed by atoms with Gasteiger partial charge in [-0.3, -0.25) is 9.69 Å². The molecule has 0 spiro atoms. The number of rotatable bonds is 7. The van der Waals surface area contributed by atoms with Gasteiger partial charge in [0.2, 0.25) is 5.91 Å². The van der Waals surface area contributed by atoms with Crippen molar-refractivity contribution in [2.24, 2.45) is 0 Å². The van der Waals surface area contributed by atoms with E-state index in [1.807, 2.05) is 44.2 Å². The van der Waals surface area contributed by atoms with Crippen LogP contribution in [0.3, 0.4) is 0 Å². The number of anilines is 1. The highest BCUT2D eigenvalue weighted by molar-refractivity contribution is 5.92. The van der Waals surface area contributed by atoms with E-state index in [4.69, 9.17) is 9.26 Å². The average Bonchev–Trinajstić information content (AvgIpc) is 3.08. The number of benzene rings is 1. The first kappa shape index (κ1) is 18.5. The maximum Gasteiger partial charge on any atom is 0.225 e. The molecule has 1 aromatic carbocycles. The van der Waals surface area contributed by atoms with Crippen LogP contribution < -0.4 is 10.1 Å². The van der Waals surface area contributed by atoms with Crippen molar-refractivity contribution in [2.75, 3.05) is 25.0 Å². The van der Waals surface area contributed by atoms with E-state index in [0.717, 1.165) is 36.5 Å². The Morgan fingerprint density at radius 1 is 1.38 bits per heavy atom. The third-order valence-electron chi connectivity index (χ3n) is 4.69. The summed E-state index contributed by atoms with van der Waals surface area (Å²) in [5.41, 5.74) is 1.70. The zero-order chi connectivity index (χ0) is 18.4. The number of amides is 1. The Kier molecular flexibility index (Phi) is 6.28. The molecule has 0 saturated carbocycles. The lowest BCUT2D eigenvalue weighted by atomic mass is 9.99. The Labute approximate surface area is 154 Å². The summed E-state index contributed by atoms with van der Waals surface area (Å²) < 4.78 is 10.8. The van der Waals surface area contributed by atoms with Gasteiger partial charge in [0.1, 0.15) is 17.2 Å². The molecule has 1 aromatic heterocycles. The Morgan fingerprint density at radius 2 is 2.23 bits per heavy atom. The van der Waals surface area contributed by atoms with Crippen molar-refractivity contribution in [1.29, 1.82) is 0 Å². The van der Waals surface area contributed by atoms with Gasteiger partial charge in [0.25, 0.3) is 0 Å². The molecular weight excluding hydrogens is 330 g/mol. The topological polar surface area (TPSA) is 67.6 Å². The van der Waals surface area contributed by atoms with Crippen LogP contribution in [0.15, 0.2) is 34.9 Å². The van der Waals surface area contributed by atoms with E-state index >= 15 is 0 Å². The second kappa shape index (κ2) is 8.85. The van der Waals surface area contributed by atoms with Crippen molar-refractivity contribution >= 4 is 11.6 Å². The molecule has 6 nitrogen and oxygen atoms in total. The first-order valence-corrected chi connectivity index (χ1v) is 9.36. The van der Waals surface area contributed by atoms with Crippen LogP contribution in [0.5, 0.6) is 5.75 Å². The Hall–Kier alpha value is -2.34. The molecule has 6 heteroatoms. The number of aromatic nitrogens is 1. The fourth-order valence-electron chi connectivity index (χ4n) is 3.45. The minimum Gasteiger partial charge on any atom is -0.492 e. The highest BCUT2D eigenvalue weighted by Gasteiger charge is 2.26. The molecule has 1 unspecified atom stereocenters. The Balaban J connectivity index is 1.58. The van der Waals surface area contributed by atoms with E-state index in [0.29, 0.717) is 25.3 Å². The van der Waals surface area contributed by atoms with Gasteiger partial charge in [0, 0.05) is 19.0 Å². The fraction of sp³-hybridized carbons (Fsp3) is 0.500. The van der Waals surface area contributed by atoms with E-state index in [1.54, 1.807) is 0 Å². The normalized spacial score (nSPS) is 17.8. The summed E-state index contributed by atoms with van der Waals surface area (Å²) in [5.74, 6) is 1.53.